The molecule has 0 saturated carbocycles. The average molecular weight is 322 g/mol. The van der Waals surface area contributed by atoms with Crippen LogP contribution in [0.3, 0.4) is 0 Å². The number of aryl methyl sites for hydroxylation is 2. The molecule has 2 rings (SSSR count). The Hall–Kier alpha value is -1.06. The second-order valence-corrected chi connectivity index (χ2v) is 7.74. The summed E-state index contributed by atoms with van der Waals surface area (Å²) in [6.45, 7) is 10.0. The van der Waals surface area contributed by atoms with Crippen LogP contribution in [0.2, 0.25) is 0 Å². The van der Waals surface area contributed by atoms with E-state index in [-0.39, 0.29) is 38.6 Å². The van der Waals surface area contributed by atoms with Gasteiger partial charge in [-0.15, -0.1) is 0 Å². The van der Waals surface area contributed by atoms with Gasteiger partial charge in [-0.25, -0.2) is 0 Å². The number of carbonyl (C=O) groups excluding carboxylic acids is 1. The van der Waals surface area contributed by atoms with Crippen molar-refractivity contribution in [1.82, 2.24) is 0 Å². The van der Waals surface area contributed by atoms with Crippen LogP contribution in [0.4, 0.5) is 0 Å². The Labute approximate surface area is 153 Å². The molecule has 0 radical (unpaired) electrons. The van der Waals surface area contributed by atoms with Gasteiger partial charge in [0, 0.05) is 5.56 Å². The monoisotopic (exact) mass is 322 g/mol. The third kappa shape index (κ3) is 5.81. The van der Waals surface area contributed by atoms with E-state index in [0.717, 1.165) is 27.7 Å². The predicted molar refractivity (Wildman–Crippen MR) is 102 cm³/mol. The van der Waals surface area contributed by atoms with Gasteiger partial charge in [-0.2, -0.15) is 0 Å². The number of carbonyl (C=O) groups is 1. The summed E-state index contributed by atoms with van der Waals surface area (Å²) in [5, 5.41) is 1.04. The first-order chi connectivity index (χ1) is 10.3. The van der Waals surface area contributed by atoms with Crippen molar-refractivity contribution in [3.05, 3.63) is 59.2 Å². The number of hydrogen-bond donors (Lipinski definition) is 0. The minimum atomic E-state index is -0.210. The Bertz CT molecular complexity index is 653. The molecule has 0 heterocycles. The Morgan fingerprint density at radius 3 is 1.96 bits per heavy atom. The Balaban J connectivity index is 0.00000264. The summed E-state index contributed by atoms with van der Waals surface area (Å²) in [5.41, 5.74) is 2.93. The molecule has 0 bridgehead atoms. The summed E-state index contributed by atoms with van der Waals surface area (Å²) < 4.78 is 5.80. The molecule has 0 aliphatic rings. The van der Waals surface area contributed by atoms with E-state index in [1.165, 1.54) is 0 Å². The molecule has 1 unspecified atom stereocenters. The first kappa shape index (κ1) is 20.0. The van der Waals surface area contributed by atoms with Crippen molar-refractivity contribution in [2.45, 2.75) is 40.2 Å². The summed E-state index contributed by atoms with van der Waals surface area (Å²) >= 11 is 0. The maximum absolute atomic E-state index is 12.6. The van der Waals surface area contributed by atoms with Crippen LogP contribution < -0.4 is 10.0 Å². The second-order valence-electron chi connectivity index (χ2n) is 6.46. The molecule has 0 saturated heterocycles. The van der Waals surface area contributed by atoms with Gasteiger partial charge in [0.1, 0.15) is 11.4 Å². The predicted octanol–water partition coefficient (Wildman–Crippen LogP) is 3.98. The van der Waals surface area contributed by atoms with Crippen molar-refractivity contribution in [2.24, 2.45) is 0 Å². The zero-order valence-corrected chi connectivity index (χ0v) is 14.9. The van der Waals surface area contributed by atoms with Crippen LogP contribution in [0.5, 0.6) is 5.75 Å². The molecule has 2 aromatic rings. The van der Waals surface area contributed by atoms with E-state index in [2.05, 4.69) is 0 Å². The third-order valence-electron chi connectivity index (χ3n) is 3.24. The van der Waals surface area contributed by atoms with E-state index in [9.17, 15) is 4.79 Å². The molecule has 0 amide bonds. The van der Waals surface area contributed by atoms with E-state index in [1.807, 2.05) is 77.1 Å². The zero-order chi connectivity index (χ0) is 16.3. The standard InChI is InChI=1S/C19H23O2P.Li.H/c1-13-7-6-8-14(2)17(13)18(20)22-16-11-9-15(10-12-16)21-19(3,4)5;;/h6-12,22H,1-5H3;;. The van der Waals surface area contributed by atoms with Gasteiger partial charge in [-0.1, -0.05) is 30.3 Å². The SMILES string of the molecule is Cc1cccc(C)c1C(=O)Pc1ccc(OC(C)(C)C)cc1.[LiH]. The van der Waals surface area contributed by atoms with Crippen molar-refractivity contribution in [3.8, 4) is 5.75 Å². The summed E-state index contributed by atoms with van der Waals surface area (Å²) in [6.07, 6.45) is 0. The topological polar surface area (TPSA) is 26.3 Å². The van der Waals surface area contributed by atoms with Gasteiger partial charge in [0.05, 0.1) is 0 Å². The fourth-order valence-electron chi connectivity index (χ4n) is 2.33. The fraction of sp³-hybridized carbons (Fsp3) is 0.316. The first-order valence-corrected chi connectivity index (χ1v) is 8.43. The summed E-state index contributed by atoms with van der Waals surface area (Å²) in [6, 6.07) is 13.8. The quantitative estimate of drug-likeness (QED) is 0.629. The summed E-state index contributed by atoms with van der Waals surface area (Å²) in [7, 11) is 0.138. The minimum absolute atomic E-state index is 0. The molecule has 1 atom stereocenters. The molecule has 0 fully saturated rings. The molecular formula is C19H24LiO2P. The van der Waals surface area contributed by atoms with Crippen molar-refractivity contribution in [2.75, 3.05) is 0 Å². The van der Waals surface area contributed by atoms with Crippen LogP contribution in [0.25, 0.3) is 0 Å². The summed E-state index contributed by atoms with van der Waals surface area (Å²) in [5.74, 6) is 0.834. The van der Waals surface area contributed by atoms with Crippen LogP contribution in [0.15, 0.2) is 42.5 Å². The Morgan fingerprint density at radius 2 is 1.48 bits per heavy atom. The van der Waals surface area contributed by atoms with Gasteiger partial charge in [0.2, 0.25) is 0 Å². The van der Waals surface area contributed by atoms with Gasteiger partial charge in [0.15, 0.2) is 5.52 Å². The van der Waals surface area contributed by atoms with Crippen molar-refractivity contribution in [1.29, 1.82) is 0 Å². The molecule has 2 aromatic carbocycles. The third-order valence-corrected chi connectivity index (χ3v) is 4.34. The second kappa shape index (κ2) is 8.16. The molecule has 0 aliphatic carbocycles. The average Bonchev–Trinajstić information content (AvgIpc) is 2.39. The van der Waals surface area contributed by atoms with Crippen molar-refractivity contribution >= 4 is 38.3 Å². The van der Waals surface area contributed by atoms with E-state index in [1.54, 1.807) is 0 Å². The molecule has 0 spiro atoms. The van der Waals surface area contributed by atoms with E-state index >= 15 is 0 Å². The van der Waals surface area contributed by atoms with Gasteiger partial charge < -0.3 is 4.74 Å². The van der Waals surface area contributed by atoms with Crippen molar-refractivity contribution < 1.29 is 9.53 Å². The molecule has 23 heavy (non-hydrogen) atoms. The Kier molecular flexibility index (Phi) is 7.09. The molecule has 0 aromatic heterocycles. The van der Waals surface area contributed by atoms with Crippen LogP contribution in [-0.2, 0) is 0 Å². The number of rotatable bonds is 4. The molecule has 0 N–H and O–H groups in total. The van der Waals surface area contributed by atoms with Gasteiger partial charge >= 0.3 is 18.9 Å². The van der Waals surface area contributed by atoms with E-state index in [4.69, 9.17) is 4.74 Å². The van der Waals surface area contributed by atoms with Crippen LogP contribution in [0, 0.1) is 13.8 Å². The fourth-order valence-corrected chi connectivity index (χ4v) is 3.44. The number of ether oxygens (including phenoxy) is 1. The van der Waals surface area contributed by atoms with Crippen LogP contribution >= 0.6 is 8.58 Å². The first-order valence-electron chi connectivity index (χ1n) is 7.43. The molecule has 4 heteroatoms. The van der Waals surface area contributed by atoms with Crippen LogP contribution in [-0.4, -0.2) is 30.0 Å². The normalized spacial score (nSPS) is 11.3. The van der Waals surface area contributed by atoms with E-state index in [0.29, 0.717) is 0 Å². The Morgan fingerprint density at radius 1 is 0.957 bits per heavy atom. The maximum atomic E-state index is 12.6. The number of benzene rings is 2. The van der Waals surface area contributed by atoms with Crippen LogP contribution in [0.1, 0.15) is 42.3 Å². The van der Waals surface area contributed by atoms with E-state index < -0.39 is 0 Å². The van der Waals surface area contributed by atoms with Gasteiger partial charge in [-0.05, 0) is 71.8 Å². The molecule has 2 nitrogen and oxygen atoms in total. The summed E-state index contributed by atoms with van der Waals surface area (Å²) in [4.78, 5) is 12.6. The van der Waals surface area contributed by atoms with Crippen molar-refractivity contribution in [3.63, 3.8) is 0 Å². The molecule has 118 valence electrons. The zero-order valence-electron chi connectivity index (χ0n) is 13.9. The number of hydrogen-bond acceptors (Lipinski definition) is 2. The van der Waals surface area contributed by atoms with Gasteiger partial charge in [-0.3, -0.25) is 4.79 Å². The molecule has 0 aliphatic heterocycles. The van der Waals surface area contributed by atoms with Gasteiger partial charge in [0.25, 0.3) is 0 Å². The molecular weight excluding hydrogens is 298 g/mol.